The van der Waals surface area contributed by atoms with Crippen molar-refractivity contribution >= 4 is 32.7 Å². The van der Waals surface area contributed by atoms with Crippen LogP contribution in [-0.2, 0) is 10.0 Å². The molecule has 1 aromatic carbocycles. The maximum absolute atomic E-state index is 13.5. The average molecular weight is 443 g/mol. The van der Waals surface area contributed by atoms with Crippen molar-refractivity contribution in [3.8, 4) is 17.1 Å². The minimum atomic E-state index is -3.95. The van der Waals surface area contributed by atoms with Crippen molar-refractivity contribution in [1.29, 1.82) is 0 Å². The Hall–Kier alpha value is -2.97. The first-order chi connectivity index (χ1) is 14.2. The number of ether oxygens (including phenoxy) is 1. The second kappa shape index (κ2) is 7.37. The SMILES string of the molecule is CC(C)(C)Oc1ccc(-c2cc3c(Cl)ncnc3n2S(=O)(=O)c2ccccc2)cn1. The Kier molecular flexibility index (Phi) is 4.99. The standard InChI is InChI=1S/C21H19ClN4O3S/c1-21(2,3)29-18-10-9-14(12-23-18)17-11-16-19(22)24-13-25-20(16)26(17)30(27,28)15-7-5-4-6-8-15/h4-13H,1-3H3. The molecule has 0 amide bonds. The highest BCUT2D eigenvalue weighted by Crippen LogP contribution is 2.33. The van der Waals surface area contributed by atoms with Crippen LogP contribution < -0.4 is 4.74 Å². The van der Waals surface area contributed by atoms with Crippen LogP contribution in [0.1, 0.15) is 20.8 Å². The summed E-state index contributed by atoms with van der Waals surface area (Å²) in [5.41, 5.74) is 0.753. The predicted octanol–water partition coefficient (Wildman–Crippen LogP) is 4.56. The monoisotopic (exact) mass is 442 g/mol. The van der Waals surface area contributed by atoms with Gasteiger partial charge in [0.15, 0.2) is 5.65 Å². The van der Waals surface area contributed by atoms with E-state index < -0.39 is 15.6 Å². The smallest absolute Gasteiger partial charge is 0.269 e. The van der Waals surface area contributed by atoms with Crippen molar-refractivity contribution in [2.24, 2.45) is 0 Å². The summed E-state index contributed by atoms with van der Waals surface area (Å²) in [6.07, 6.45) is 2.80. The van der Waals surface area contributed by atoms with E-state index in [-0.39, 0.29) is 15.7 Å². The van der Waals surface area contributed by atoms with Gasteiger partial charge in [-0.3, -0.25) is 0 Å². The average Bonchev–Trinajstić information content (AvgIpc) is 3.10. The lowest BCUT2D eigenvalue weighted by Gasteiger charge is -2.20. The molecule has 9 heteroatoms. The molecular weight excluding hydrogens is 424 g/mol. The molecule has 0 saturated heterocycles. The molecule has 0 unspecified atom stereocenters. The zero-order valence-corrected chi connectivity index (χ0v) is 18.1. The molecule has 154 valence electrons. The Morgan fingerprint density at radius 2 is 1.73 bits per heavy atom. The predicted molar refractivity (Wildman–Crippen MR) is 115 cm³/mol. The Labute approximate surface area is 179 Å². The number of fused-ring (bicyclic) bond motifs is 1. The van der Waals surface area contributed by atoms with Crippen molar-refractivity contribution in [2.45, 2.75) is 31.3 Å². The van der Waals surface area contributed by atoms with E-state index in [0.29, 0.717) is 22.5 Å². The minimum Gasteiger partial charge on any atom is -0.472 e. The van der Waals surface area contributed by atoms with E-state index >= 15 is 0 Å². The molecule has 0 saturated carbocycles. The van der Waals surface area contributed by atoms with Crippen LogP contribution in [0.5, 0.6) is 5.88 Å². The Morgan fingerprint density at radius 1 is 1.00 bits per heavy atom. The van der Waals surface area contributed by atoms with Gasteiger partial charge >= 0.3 is 0 Å². The highest BCUT2D eigenvalue weighted by molar-refractivity contribution is 7.90. The lowest BCUT2D eigenvalue weighted by Crippen LogP contribution is -2.23. The van der Waals surface area contributed by atoms with E-state index in [0.717, 1.165) is 0 Å². The second-order valence-corrected chi connectivity index (χ2v) is 9.76. The van der Waals surface area contributed by atoms with Crippen LogP contribution in [0, 0.1) is 0 Å². The third-order valence-corrected chi connectivity index (χ3v) is 6.25. The third kappa shape index (κ3) is 3.76. The normalized spacial score (nSPS) is 12.3. The quantitative estimate of drug-likeness (QED) is 0.430. The van der Waals surface area contributed by atoms with Gasteiger partial charge in [-0.15, -0.1) is 0 Å². The summed E-state index contributed by atoms with van der Waals surface area (Å²) in [4.78, 5) is 12.6. The molecule has 0 atom stereocenters. The Bertz CT molecular complexity index is 1310. The first-order valence-electron chi connectivity index (χ1n) is 9.15. The largest absolute Gasteiger partial charge is 0.472 e. The molecule has 0 aliphatic rings. The van der Waals surface area contributed by atoms with Crippen LogP contribution in [0.2, 0.25) is 5.15 Å². The van der Waals surface area contributed by atoms with Gasteiger partial charge in [-0.25, -0.2) is 27.3 Å². The highest BCUT2D eigenvalue weighted by atomic mass is 35.5. The molecule has 0 aliphatic carbocycles. The van der Waals surface area contributed by atoms with E-state index in [1.165, 1.54) is 22.4 Å². The number of hydrogen-bond donors (Lipinski definition) is 0. The summed E-state index contributed by atoms with van der Waals surface area (Å²) in [5, 5.41) is 0.604. The van der Waals surface area contributed by atoms with E-state index in [2.05, 4.69) is 15.0 Å². The first kappa shape index (κ1) is 20.3. The lowest BCUT2D eigenvalue weighted by atomic mass is 10.2. The van der Waals surface area contributed by atoms with Crippen molar-refractivity contribution in [3.05, 3.63) is 66.2 Å². The van der Waals surface area contributed by atoms with Crippen molar-refractivity contribution in [3.63, 3.8) is 0 Å². The van der Waals surface area contributed by atoms with Crippen molar-refractivity contribution in [2.75, 3.05) is 0 Å². The molecule has 0 N–H and O–H groups in total. The summed E-state index contributed by atoms with van der Waals surface area (Å²) in [6, 6.07) is 13.3. The van der Waals surface area contributed by atoms with Gasteiger partial charge in [0.2, 0.25) is 5.88 Å². The van der Waals surface area contributed by atoms with Gasteiger partial charge in [-0.2, -0.15) is 0 Å². The van der Waals surface area contributed by atoms with Gasteiger partial charge in [-0.1, -0.05) is 29.8 Å². The van der Waals surface area contributed by atoms with Gasteiger partial charge in [0, 0.05) is 17.8 Å². The maximum Gasteiger partial charge on any atom is 0.269 e. The molecule has 4 aromatic rings. The van der Waals surface area contributed by atoms with Gasteiger partial charge < -0.3 is 4.74 Å². The molecule has 3 aromatic heterocycles. The molecule has 30 heavy (non-hydrogen) atoms. The number of pyridine rings is 1. The number of rotatable bonds is 4. The van der Waals surface area contributed by atoms with Crippen molar-refractivity contribution < 1.29 is 13.2 Å². The molecule has 0 spiro atoms. The van der Waals surface area contributed by atoms with Gasteiger partial charge in [0.25, 0.3) is 10.0 Å². The molecule has 0 fully saturated rings. The fraction of sp³-hybridized carbons (Fsp3) is 0.190. The van der Waals surface area contributed by atoms with E-state index in [4.69, 9.17) is 16.3 Å². The molecular formula is C21H19ClN4O3S. The summed E-state index contributed by atoms with van der Waals surface area (Å²) >= 11 is 6.23. The van der Waals surface area contributed by atoms with Crippen molar-refractivity contribution in [1.82, 2.24) is 18.9 Å². The van der Waals surface area contributed by atoms with Crippen LogP contribution in [-0.4, -0.2) is 32.9 Å². The Balaban J connectivity index is 1.93. The van der Waals surface area contributed by atoms with E-state index in [1.54, 1.807) is 42.6 Å². The molecule has 0 bridgehead atoms. The maximum atomic E-state index is 13.5. The molecule has 4 rings (SSSR count). The molecule has 0 aliphatic heterocycles. The Morgan fingerprint density at radius 3 is 2.37 bits per heavy atom. The molecule has 7 nitrogen and oxygen atoms in total. The van der Waals surface area contributed by atoms with Crippen LogP contribution in [0.4, 0.5) is 0 Å². The minimum absolute atomic E-state index is 0.138. The van der Waals surface area contributed by atoms with Crippen LogP contribution in [0.25, 0.3) is 22.3 Å². The topological polar surface area (TPSA) is 87.0 Å². The fourth-order valence-corrected chi connectivity index (χ4v) is 4.69. The zero-order chi connectivity index (χ0) is 21.5. The van der Waals surface area contributed by atoms with Crippen LogP contribution >= 0.6 is 11.6 Å². The van der Waals surface area contributed by atoms with Gasteiger partial charge in [0.05, 0.1) is 16.0 Å². The highest BCUT2D eigenvalue weighted by Gasteiger charge is 2.26. The summed E-state index contributed by atoms with van der Waals surface area (Å²) in [7, 11) is -3.95. The van der Waals surface area contributed by atoms with E-state index in [9.17, 15) is 8.42 Å². The first-order valence-corrected chi connectivity index (χ1v) is 11.0. The number of aromatic nitrogens is 4. The zero-order valence-electron chi connectivity index (χ0n) is 16.6. The second-order valence-electron chi connectivity index (χ2n) is 7.61. The number of benzene rings is 1. The third-order valence-electron chi connectivity index (χ3n) is 4.23. The van der Waals surface area contributed by atoms with Crippen LogP contribution in [0.15, 0.2) is 66.0 Å². The molecule has 0 radical (unpaired) electrons. The summed E-state index contributed by atoms with van der Waals surface area (Å²) < 4.78 is 33.9. The number of hydrogen-bond acceptors (Lipinski definition) is 6. The van der Waals surface area contributed by atoms with Crippen LogP contribution in [0.3, 0.4) is 0 Å². The van der Waals surface area contributed by atoms with E-state index in [1.807, 2.05) is 20.8 Å². The summed E-state index contributed by atoms with van der Waals surface area (Å²) in [5.74, 6) is 0.442. The number of halogens is 1. The lowest BCUT2D eigenvalue weighted by molar-refractivity contribution is 0.124. The summed E-state index contributed by atoms with van der Waals surface area (Å²) in [6.45, 7) is 5.77. The fourth-order valence-electron chi connectivity index (χ4n) is 3.01. The van der Waals surface area contributed by atoms with Gasteiger partial charge in [0.1, 0.15) is 17.1 Å². The number of nitrogens with zero attached hydrogens (tertiary/aromatic N) is 4. The van der Waals surface area contributed by atoms with Gasteiger partial charge in [-0.05, 0) is 45.0 Å². The molecule has 3 heterocycles.